The van der Waals surface area contributed by atoms with E-state index in [9.17, 15) is 0 Å². The summed E-state index contributed by atoms with van der Waals surface area (Å²) in [6.07, 6.45) is 5.83. The summed E-state index contributed by atoms with van der Waals surface area (Å²) >= 11 is 6.83. The lowest BCUT2D eigenvalue weighted by Crippen LogP contribution is -2.17. The van der Waals surface area contributed by atoms with Gasteiger partial charge in [0.15, 0.2) is 0 Å². The van der Waals surface area contributed by atoms with Crippen molar-refractivity contribution in [1.29, 1.82) is 0 Å². The van der Waals surface area contributed by atoms with E-state index in [2.05, 4.69) is 5.32 Å². The molecule has 0 aromatic heterocycles. The Morgan fingerprint density at radius 1 is 1.58 bits per heavy atom. The zero-order valence-corrected chi connectivity index (χ0v) is 12.8. The van der Waals surface area contributed by atoms with Crippen LogP contribution < -0.4 is 11.1 Å². The molecule has 1 aliphatic heterocycles. The Labute approximate surface area is 124 Å². The number of anilines is 1. The quantitative estimate of drug-likeness (QED) is 0.624. The van der Waals surface area contributed by atoms with Gasteiger partial charge in [-0.15, -0.1) is 11.8 Å². The lowest BCUT2D eigenvalue weighted by atomic mass is 10.1. The van der Waals surface area contributed by atoms with Gasteiger partial charge in [-0.1, -0.05) is 18.3 Å². The maximum absolute atomic E-state index is 5.84. The van der Waals surface area contributed by atoms with Crippen molar-refractivity contribution in [3.05, 3.63) is 23.8 Å². The molecule has 0 amide bonds. The van der Waals surface area contributed by atoms with Gasteiger partial charge in [-0.3, -0.25) is 0 Å². The number of thiocarbonyl (C=S) groups is 1. The number of ether oxygens (including phenoxy) is 1. The summed E-state index contributed by atoms with van der Waals surface area (Å²) in [6.45, 7) is 1.79. The summed E-state index contributed by atoms with van der Waals surface area (Å²) in [4.78, 5) is 1.57. The standard InChI is InChI=1S/C14H20N2OS2/c1-19-12-6-2-5-11(13(12)14(15)18)16-8-7-10-4-3-9-17-10/h2,5-6,10,16H,3-4,7-9H2,1H3,(H2,15,18). The summed E-state index contributed by atoms with van der Waals surface area (Å²) in [5.74, 6) is 0. The van der Waals surface area contributed by atoms with Crippen LogP contribution >= 0.6 is 24.0 Å². The van der Waals surface area contributed by atoms with E-state index in [1.54, 1.807) is 11.8 Å². The minimum Gasteiger partial charge on any atom is -0.389 e. The maximum atomic E-state index is 5.84. The van der Waals surface area contributed by atoms with Gasteiger partial charge in [0.05, 0.1) is 6.10 Å². The van der Waals surface area contributed by atoms with Crippen molar-refractivity contribution in [3.63, 3.8) is 0 Å². The van der Waals surface area contributed by atoms with Gasteiger partial charge in [-0.2, -0.15) is 0 Å². The average molecular weight is 296 g/mol. The summed E-state index contributed by atoms with van der Waals surface area (Å²) in [5.41, 5.74) is 7.82. The predicted octanol–water partition coefficient (Wildman–Crippen LogP) is 3.02. The van der Waals surface area contributed by atoms with E-state index in [0.717, 1.165) is 35.7 Å². The van der Waals surface area contributed by atoms with E-state index in [-0.39, 0.29) is 0 Å². The fourth-order valence-corrected chi connectivity index (χ4v) is 3.27. The molecule has 2 rings (SSSR count). The predicted molar refractivity (Wildman–Crippen MR) is 86.2 cm³/mol. The minimum atomic E-state index is 0.407. The molecule has 19 heavy (non-hydrogen) atoms. The van der Waals surface area contributed by atoms with E-state index < -0.39 is 0 Å². The lowest BCUT2D eigenvalue weighted by molar-refractivity contribution is 0.107. The molecule has 0 spiro atoms. The normalized spacial score (nSPS) is 18.5. The summed E-state index contributed by atoms with van der Waals surface area (Å²) < 4.78 is 5.62. The molecular weight excluding hydrogens is 276 g/mol. The summed E-state index contributed by atoms with van der Waals surface area (Å²) in [5, 5.41) is 3.44. The van der Waals surface area contributed by atoms with Crippen LogP contribution in [-0.2, 0) is 4.74 Å². The molecule has 1 heterocycles. The summed E-state index contributed by atoms with van der Waals surface area (Å²) in [7, 11) is 0. The van der Waals surface area contributed by atoms with Crippen molar-refractivity contribution >= 4 is 34.7 Å². The van der Waals surface area contributed by atoms with Crippen molar-refractivity contribution in [1.82, 2.24) is 0 Å². The number of nitrogens with two attached hydrogens (primary N) is 1. The van der Waals surface area contributed by atoms with Gasteiger partial charge < -0.3 is 15.8 Å². The van der Waals surface area contributed by atoms with Crippen LogP contribution in [0.5, 0.6) is 0 Å². The van der Waals surface area contributed by atoms with E-state index in [0.29, 0.717) is 11.1 Å². The number of thioether (sulfide) groups is 1. The van der Waals surface area contributed by atoms with E-state index in [1.807, 2.05) is 24.5 Å². The SMILES string of the molecule is CSc1cccc(NCCC2CCCO2)c1C(N)=S. The zero-order valence-electron chi connectivity index (χ0n) is 11.1. The van der Waals surface area contributed by atoms with E-state index in [1.165, 1.54) is 12.8 Å². The number of rotatable bonds is 6. The highest BCUT2D eigenvalue weighted by molar-refractivity contribution is 7.98. The first kappa shape index (κ1) is 14.6. The Morgan fingerprint density at radius 3 is 3.05 bits per heavy atom. The van der Waals surface area contributed by atoms with Crippen LogP contribution in [0.3, 0.4) is 0 Å². The molecule has 1 aromatic rings. The van der Waals surface area contributed by atoms with Gasteiger partial charge in [-0.05, 0) is 37.7 Å². The van der Waals surface area contributed by atoms with Crippen molar-refractivity contribution in [2.75, 3.05) is 24.7 Å². The van der Waals surface area contributed by atoms with Gasteiger partial charge in [0.2, 0.25) is 0 Å². The van der Waals surface area contributed by atoms with Crippen LogP contribution in [0.15, 0.2) is 23.1 Å². The third kappa shape index (κ3) is 3.84. The van der Waals surface area contributed by atoms with Crippen LogP contribution in [0.2, 0.25) is 0 Å². The van der Waals surface area contributed by atoms with Gasteiger partial charge in [0.25, 0.3) is 0 Å². The molecule has 3 N–H and O–H groups in total. The first-order valence-corrected chi connectivity index (χ1v) is 8.18. The fourth-order valence-electron chi connectivity index (χ4n) is 2.34. The Morgan fingerprint density at radius 2 is 2.42 bits per heavy atom. The van der Waals surface area contributed by atoms with Crippen LogP contribution in [0.4, 0.5) is 5.69 Å². The Kier molecular flexibility index (Phi) is 5.48. The average Bonchev–Trinajstić information content (AvgIpc) is 2.91. The largest absolute Gasteiger partial charge is 0.389 e. The van der Waals surface area contributed by atoms with Gasteiger partial charge in [0, 0.05) is 29.3 Å². The topological polar surface area (TPSA) is 47.3 Å². The molecule has 0 bridgehead atoms. The van der Waals surface area contributed by atoms with Gasteiger partial charge >= 0.3 is 0 Å². The fraction of sp³-hybridized carbons (Fsp3) is 0.500. The molecule has 1 aromatic carbocycles. The zero-order chi connectivity index (χ0) is 13.7. The number of hydrogen-bond donors (Lipinski definition) is 2. The second-order valence-corrected chi connectivity index (χ2v) is 5.89. The first-order chi connectivity index (χ1) is 9.22. The Bertz CT molecular complexity index is 445. The Balaban J connectivity index is 2.00. The maximum Gasteiger partial charge on any atom is 0.107 e. The molecule has 0 radical (unpaired) electrons. The van der Waals surface area contributed by atoms with Crippen molar-refractivity contribution in [2.24, 2.45) is 5.73 Å². The number of benzene rings is 1. The highest BCUT2D eigenvalue weighted by Gasteiger charge is 2.15. The molecule has 1 aliphatic rings. The second kappa shape index (κ2) is 7.12. The molecule has 1 atom stereocenters. The van der Waals surface area contributed by atoms with Crippen LogP contribution in [0.25, 0.3) is 0 Å². The monoisotopic (exact) mass is 296 g/mol. The number of nitrogens with one attached hydrogen (secondary N) is 1. The molecular formula is C14H20N2OS2. The van der Waals surface area contributed by atoms with Gasteiger partial charge in [0.1, 0.15) is 4.99 Å². The highest BCUT2D eigenvalue weighted by Crippen LogP contribution is 2.27. The minimum absolute atomic E-state index is 0.407. The smallest absolute Gasteiger partial charge is 0.107 e. The van der Waals surface area contributed by atoms with Gasteiger partial charge in [-0.25, -0.2) is 0 Å². The van der Waals surface area contributed by atoms with Crippen molar-refractivity contribution in [2.45, 2.75) is 30.3 Å². The van der Waals surface area contributed by atoms with Crippen molar-refractivity contribution < 1.29 is 4.74 Å². The lowest BCUT2D eigenvalue weighted by Gasteiger charge is -2.15. The molecule has 5 heteroatoms. The molecule has 3 nitrogen and oxygen atoms in total. The molecule has 0 aliphatic carbocycles. The third-order valence-corrected chi connectivity index (χ3v) is 4.28. The molecule has 1 unspecified atom stereocenters. The van der Waals surface area contributed by atoms with Crippen molar-refractivity contribution in [3.8, 4) is 0 Å². The first-order valence-electron chi connectivity index (χ1n) is 6.54. The van der Waals surface area contributed by atoms with E-state index in [4.69, 9.17) is 22.7 Å². The third-order valence-electron chi connectivity index (χ3n) is 3.30. The summed E-state index contributed by atoms with van der Waals surface area (Å²) in [6, 6.07) is 6.11. The molecule has 1 saturated heterocycles. The van der Waals surface area contributed by atoms with Crippen LogP contribution in [-0.4, -0.2) is 30.5 Å². The van der Waals surface area contributed by atoms with Crippen LogP contribution in [0, 0.1) is 0 Å². The number of hydrogen-bond acceptors (Lipinski definition) is 4. The Hall–Kier alpha value is -0.780. The molecule has 1 fully saturated rings. The van der Waals surface area contributed by atoms with E-state index >= 15 is 0 Å². The van der Waals surface area contributed by atoms with Crippen LogP contribution in [0.1, 0.15) is 24.8 Å². The highest BCUT2D eigenvalue weighted by atomic mass is 32.2. The second-order valence-electron chi connectivity index (χ2n) is 4.60. The molecule has 0 saturated carbocycles. The molecule has 104 valence electrons.